The smallest absolute Gasteiger partial charge is 0.127 e. The van der Waals surface area contributed by atoms with Gasteiger partial charge in [-0.15, -0.1) is 0 Å². The first-order chi connectivity index (χ1) is 6.18. The van der Waals surface area contributed by atoms with Crippen molar-refractivity contribution < 1.29 is 8.78 Å². The number of halogens is 3. The van der Waals surface area contributed by atoms with Crippen LogP contribution in [0.25, 0.3) is 0 Å². The zero-order valence-corrected chi connectivity index (χ0v) is 9.12. The van der Waals surface area contributed by atoms with Crippen molar-refractivity contribution >= 4 is 11.6 Å². The van der Waals surface area contributed by atoms with Crippen molar-refractivity contribution in [3.05, 3.63) is 34.9 Å². The van der Waals surface area contributed by atoms with Gasteiger partial charge >= 0.3 is 0 Å². The molecule has 0 nitrogen and oxygen atoms in total. The molecule has 0 aromatic heterocycles. The van der Waals surface area contributed by atoms with Crippen LogP contribution in [0, 0.1) is 11.6 Å². The van der Waals surface area contributed by atoms with Crippen LogP contribution in [0.1, 0.15) is 27.7 Å². The van der Waals surface area contributed by atoms with E-state index in [1.165, 1.54) is 0 Å². The molecule has 0 saturated carbocycles. The molecule has 0 fully saturated rings. The van der Waals surface area contributed by atoms with Crippen molar-refractivity contribution in [3.8, 4) is 0 Å². The highest BCUT2D eigenvalue weighted by atomic mass is 35.5. The summed E-state index contributed by atoms with van der Waals surface area (Å²) >= 11 is 5.27. The quantitative estimate of drug-likeness (QED) is 0.581. The van der Waals surface area contributed by atoms with Gasteiger partial charge in [-0.1, -0.05) is 39.3 Å². The highest BCUT2D eigenvalue weighted by Gasteiger charge is 1.95. The van der Waals surface area contributed by atoms with E-state index in [9.17, 15) is 8.78 Å². The van der Waals surface area contributed by atoms with Crippen LogP contribution in [0.15, 0.2) is 18.2 Å². The number of hydrogen-bond donors (Lipinski definition) is 0. The highest BCUT2D eigenvalue weighted by molar-refractivity contribution is 6.30. The van der Waals surface area contributed by atoms with Crippen molar-refractivity contribution in [2.75, 3.05) is 0 Å². The van der Waals surface area contributed by atoms with Crippen molar-refractivity contribution in [1.29, 1.82) is 0 Å². The van der Waals surface area contributed by atoms with Gasteiger partial charge < -0.3 is 0 Å². The minimum Gasteiger partial charge on any atom is -0.207 e. The fourth-order valence-electron chi connectivity index (χ4n) is 0.520. The zero-order valence-electron chi connectivity index (χ0n) is 8.37. The summed E-state index contributed by atoms with van der Waals surface area (Å²) in [6.07, 6.45) is 0. The van der Waals surface area contributed by atoms with E-state index in [2.05, 4.69) is 0 Å². The van der Waals surface area contributed by atoms with E-state index in [1.807, 2.05) is 27.7 Å². The molecule has 0 unspecified atom stereocenters. The van der Waals surface area contributed by atoms with E-state index in [1.54, 1.807) is 0 Å². The van der Waals surface area contributed by atoms with Gasteiger partial charge in [0.05, 0.1) is 0 Å². The van der Waals surface area contributed by atoms with Crippen LogP contribution >= 0.6 is 11.6 Å². The van der Waals surface area contributed by atoms with Gasteiger partial charge in [-0.05, 0) is 12.1 Å². The largest absolute Gasteiger partial charge is 0.207 e. The average Bonchev–Trinajstić information content (AvgIpc) is 2.09. The Hall–Kier alpha value is -0.630. The standard InChI is InChI=1S/C6H3ClF2.2C2H6/c7-4-1-5(8)3-6(9)2-4;2*1-2/h1-3H;2*1-2H3. The third-order valence-corrected chi connectivity index (χ3v) is 1.05. The Morgan fingerprint density at radius 2 is 1.15 bits per heavy atom. The first kappa shape index (κ1) is 14.9. The van der Waals surface area contributed by atoms with Crippen LogP contribution in [-0.2, 0) is 0 Å². The lowest BCUT2D eigenvalue weighted by molar-refractivity contribution is 0.583. The number of hydrogen-bond acceptors (Lipinski definition) is 0. The molecule has 0 bridgehead atoms. The second kappa shape index (κ2) is 9.46. The maximum atomic E-state index is 12.1. The van der Waals surface area contributed by atoms with Gasteiger partial charge in [-0.2, -0.15) is 0 Å². The monoisotopic (exact) mass is 208 g/mol. The lowest BCUT2D eigenvalue weighted by atomic mass is 10.3. The SMILES string of the molecule is CC.CC.Fc1cc(F)cc(Cl)c1. The Morgan fingerprint density at radius 3 is 1.38 bits per heavy atom. The number of rotatable bonds is 0. The summed E-state index contributed by atoms with van der Waals surface area (Å²) in [5, 5.41) is 0.0764. The van der Waals surface area contributed by atoms with Crippen molar-refractivity contribution in [2.45, 2.75) is 27.7 Å². The van der Waals surface area contributed by atoms with Crippen molar-refractivity contribution in [2.24, 2.45) is 0 Å². The van der Waals surface area contributed by atoms with Gasteiger partial charge in [0, 0.05) is 11.1 Å². The molecule has 1 aromatic carbocycles. The molecule has 1 rings (SSSR count). The summed E-state index contributed by atoms with van der Waals surface area (Å²) in [7, 11) is 0. The van der Waals surface area contributed by atoms with E-state index in [-0.39, 0.29) is 5.02 Å². The predicted octanol–water partition coefficient (Wildman–Crippen LogP) is 4.67. The lowest BCUT2D eigenvalue weighted by Gasteiger charge is -1.89. The Kier molecular flexibility index (Phi) is 10.8. The minimum absolute atomic E-state index is 0.0764. The lowest BCUT2D eigenvalue weighted by Crippen LogP contribution is -1.76. The van der Waals surface area contributed by atoms with Crippen molar-refractivity contribution in [3.63, 3.8) is 0 Å². The molecule has 0 amide bonds. The molecule has 1 aromatic rings. The molecule has 0 radical (unpaired) electrons. The topological polar surface area (TPSA) is 0 Å². The molecule has 0 heterocycles. The zero-order chi connectivity index (χ0) is 10.9. The van der Waals surface area contributed by atoms with Crippen LogP contribution < -0.4 is 0 Å². The van der Waals surface area contributed by atoms with Gasteiger partial charge in [-0.25, -0.2) is 8.78 Å². The highest BCUT2D eigenvalue weighted by Crippen LogP contribution is 2.11. The Labute approximate surface area is 83.5 Å². The van der Waals surface area contributed by atoms with Crippen LogP contribution in [0.2, 0.25) is 5.02 Å². The molecule has 0 atom stereocenters. The van der Waals surface area contributed by atoms with E-state index in [4.69, 9.17) is 11.6 Å². The third-order valence-electron chi connectivity index (χ3n) is 0.827. The fraction of sp³-hybridized carbons (Fsp3) is 0.400. The minimum atomic E-state index is -0.653. The van der Waals surface area contributed by atoms with Gasteiger partial charge in [0.15, 0.2) is 0 Å². The molecule has 76 valence electrons. The molecular weight excluding hydrogens is 194 g/mol. The molecule has 13 heavy (non-hydrogen) atoms. The normalized spacial score (nSPS) is 7.62. The Morgan fingerprint density at radius 1 is 0.846 bits per heavy atom. The molecular formula is C10H15ClF2. The summed E-state index contributed by atoms with van der Waals surface area (Å²) in [5.41, 5.74) is 0. The summed E-state index contributed by atoms with van der Waals surface area (Å²) in [4.78, 5) is 0. The van der Waals surface area contributed by atoms with E-state index < -0.39 is 11.6 Å². The van der Waals surface area contributed by atoms with Crippen molar-refractivity contribution in [1.82, 2.24) is 0 Å². The summed E-state index contributed by atoms with van der Waals surface area (Å²) < 4.78 is 24.2. The third kappa shape index (κ3) is 7.72. The summed E-state index contributed by atoms with van der Waals surface area (Å²) in [6, 6.07) is 2.86. The molecule has 0 saturated heterocycles. The van der Waals surface area contributed by atoms with Crippen LogP contribution in [0.3, 0.4) is 0 Å². The number of benzene rings is 1. The van der Waals surface area contributed by atoms with Gasteiger partial charge in [0.1, 0.15) is 11.6 Å². The second-order valence-corrected chi connectivity index (χ2v) is 2.02. The first-order valence-corrected chi connectivity index (χ1v) is 4.68. The Balaban J connectivity index is 0. The summed E-state index contributed by atoms with van der Waals surface area (Å²) in [6.45, 7) is 8.00. The molecule has 3 heteroatoms. The molecule has 0 aliphatic carbocycles. The van der Waals surface area contributed by atoms with Gasteiger partial charge in [0.2, 0.25) is 0 Å². The maximum absolute atomic E-state index is 12.1. The molecule has 0 spiro atoms. The predicted molar refractivity (Wildman–Crippen MR) is 54.1 cm³/mol. The van der Waals surface area contributed by atoms with Crippen LogP contribution in [0.4, 0.5) is 8.78 Å². The molecule has 0 aliphatic heterocycles. The van der Waals surface area contributed by atoms with Gasteiger partial charge in [-0.3, -0.25) is 0 Å². The molecule has 0 N–H and O–H groups in total. The fourth-order valence-corrected chi connectivity index (χ4v) is 0.729. The van der Waals surface area contributed by atoms with Crippen LogP contribution in [0.5, 0.6) is 0 Å². The van der Waals surface area contributed by atoms with E-state index in [0.717, 1.165) is 18.2 Å². The average molecular weight is 209 g/mol. The van der Waals surface area contributed by atoms with Crippen LogP contribution in [-0.4, -0.2) is 0 Å². The maximum Gasteiger partial charge on any atom is 0.127 e. The molecule has 0 aliphatic rings. The second-order valence-electron chi connectivity index (χ2n) is 1.59. The van der Waals surface area contributed by atoms with E-state index in [0.29, 0.717) is 0 Å². The Bertz CT molecular complexity index is 174. The van der Waals surface area contributed by atoms with E-state index >= 15 is 0 Å². The first-order valence-electron chi connectivity index (χ1n) is 4.30. The van der Waals surface area contributed by atoms with Gasteiger partial charge in [0.25, 0.3) is 0 Å². The summed E-state index contributed by atoms with van der Waals surface area (Å²) in [5.74, 6) is -1.31.